The van der Waals surface area contributed by atoms with Gasteiger partial charge in [0.25, 0.3) is 0 Å². The van der Waals surface area contributed by atoms with Gasteiger partial charge in [-0.2, -0.15) is 5.26 Å². The van der Waals surface area contributed by atoms with E-state index in [1.807, 2.05) is 0 Å². The summed E-state index contributed by atoms with van der Waals surface area (Å²) in [6.45, 7) is 1.58. The number of allylic oxidation sites excluding steroid dienone is 1. The second-order valence-corrected chi connectivity index (χ2v) is 4.06. The number of aryl methyl sites for hydroxylation is 1. The predicted octanol–water partition coefficient (Wildman–Crippen LogP) is 3.66. The largest absolute Gasteiger partial charge is 0.469 e. The number of benzene rings is 1. The Kier molecular flexibility index (Phi) is 3.76. The number of hydrogen-bond donors (Lipinski definition) is 0. The number of carbonyl (C=O) groups is 1. The van der Waals surface area contributed by atoms with Crippen molar-refractivity contribution in [2.45, 2.75) is 6.92 Å². The van der Waals surface area contributed by atoms with Gasteiger partial charge in [0, 0.05) is 11.6 Å². The number of Topliss-reactive ketones (excluding diaryl/α,β-unsaturated/α-hetero) is 1. The number of nitrogens with zero attached hydrogens (tertiary/aromatic N) is 1. The van der Waals surface area contributed by atoms with Crippen LogP contribution >= 0.6 is 0 Å². The molecule has 0 unspecified atom stereocenters. The molecule has 0 radical (unpaired) electrons. The minimum absolute atomic E-state index is 0.0301. The van der Waals surface area contributed by atoms with Gasteiger partial charge in [0.15, 0.2) is 0 Å². The second kappa shape index (κ2) is 5.49. The van der Waals surface area contributed by atoms with Crippen LogP contribution in [0.15, 0.2) is 40.5 Å². The maximum atomic E-state index is 13.5. The van der Waals surface area contributed by atoms with Crippen molar-refractivity contribution >= 4 is 11.9 Å². The van der Waals surface area contributed by atoms with E-state index in [4.69, 9.17) is 9.68 Å². The molecule has 3 nitrogen and oxygen atoms in total. The highest BCUT2D eigenvalue weighted by atomic mass is 19.1. The molecule has 0 aliphatic carbocycles. The molecule has 1 aromatic carbocycles. The van der Waals surface area contributed by atoms with Crippen LogP contribution in [0.25, 0.3) is 6.08 Å². The average Bonchev–Trinajstić information content (AvgIpc) is 2.83. The van der Waals surface area contributed by atoms with Crippen LogP contribution in [0.4, 0.5) is 8.78 Å². The monoisotopic (exact) mass is 273 g/mol. The summed E-state index contributed by atoms with van der Waals surface area (Å²) in [5.41, 5.74) is -0.0437. The van der Waals surface area contributed by atoms with Crippen LogP contribution in [-0.2, 0) is 0 Å². The number of furan rings is 1. The molecule has 5 heteroatoms. The van der Waals surface area contributed by atoms with E-state index < -0.39 is 17.4 Å². The molecule has 1 aromatic heterocycles. The first-order valence-corrected chi connectivity index (χ1v) is 5.68. The first-order valence-electron chi connectivity index (χ1n) is 5.68. The van der Waals surface area contributed by atoms with Crippen LogP contribution in [0.1, 0.15) is 21.7 Å². The highest BCUT2D eigenvalue weighted by Crippen LogP contribution is 2.18. The van der Waals surface area contributed by atoms with E-state index in [-0.39, 0.29) is 16.7 Å². The summed E-state index contributed by atoms with van der Waals surface area (Å²) >= 11 is 0. The summed E-state index contributed by atoms with van der Waals surface area (Å²) in [6.07, 6.45) is 2.42. The lowest BCUT2D eigenvalue weighted by atomic mass is 10.0. The van der Waals surface area contributed by atoms with Gasteiger partial charge >= 0.3 is 0 Å². The molecule has 0 saturated heterocycles. The molecule has 0 amide bonds. The molecule has 0 bridgehead atoms. The maximum absolute atomic E-state index is 13.5. The topological polar surface area (TPSA) is 54.0 Å². The van der Waals surface area contributed by atoms with Gasteiger partial charge in [0.05, 0.1) is 11.8 Å². The van der Waals surface area contributed by atoms with Gasteiger partial charge in [-0.25, -0.2) is 8.78 Å². The van der Waals surface area contributed by atoms with Crippen LogP contribution in [0.5, 0.6) is 0 Å². The molecule has 0 fully saturated rings. The first kappa shape index (κ1) is 13.7. The fraction of sp³-hybridized carbons (Fsp3) is 0.0667. The minimum Gasteiger partial charge on any atom is -0.469 e. The van der Waals surface area contributed by atoms with Gasteiger partial charge in [-0.1, -0.05) is 0 Å². The molecule has 0 aliphatic rings. The van der Waals surface area contributed by atoms with Crippen LogP contribution in [0.2, 0.25) is 0 Å². The molecule has 0 atom stereocenters. The molecule has 2 rings (SSSR count). The van der Waals surface area contributed by atoms with E-state index >= 15 is 0 Å². The lowest BCUT2D eigenvalue weighted by molar-refractivity contribution is 0.103. The quantitative estimate of drug-likeness (QED) is 0.487. The van der Waals surface area contributed by atoms with Gasteiger partial charge in [-0.15, -0.1) is 0 Å². The zero-order valence-electron chi connectivity index (χ0n) is 10.5. The summed E-state index contributed by atoms with van der Waals surface area (Å²) in [4.78, 5) is 12.1. The minimum atomic E-state index is -0.838. The van der Waals surface area contributed by atoms with Crippen molar-refractivity contribution in [2.24, 2.45) is 0 Å². The summed E-state index contributed by atoms with van der Waals surface area (Å²) in [6, 6.07) is 6.06. The predicted molar refractivity (Wildman–Crippen MR) is 67.7 cm³/mol. The van der Waals surface area contributed by atoms with Gasteiger partial charge in [0.2, 0.25) is 5.78 Å². The smallest absolute Gasteiger partial charge is 0.207 e. The van der Waals surface area contributed by atoms with E-state index in [0.29, 0.717) is 11.8 Å². The Morgan fingerprint density at radius 2 is 2.10 bits per heavy atom. The molecule has 2 aromatic rings. The third-order valence-electron chi connectivity index (χ3n) is 2.73. The van der Waals surface area contributed by atoms with E-state index in [9.17, 15) is 13.6 Å². The van der Waals surface area contributed by atoms with E-state index in [1.165, 1.54) is 12.3 Å². The lowest BCUT2D eigenvalue weighted by Gasteiger charge is -2.00. The van der Waals surface area contributed by atoms with Crippen molar-refractivity contribution in [3.63, 3.8) is 0 Å². The third kappa shape index (κ3) is 2.64. The van der Waals surface area contributed by atoms with Gasteiger partial charge in [0.1, 0.15) is 29.0 Å². The number of ketones is 1. The molecule has 1 heterocycles. The van der Waals surface area contributed by atoms with Gasteiger partial charge in [-0.05, 0) is 31.2 Å². The van der Waals surface area contributed by atoms with Crippen molar-refractivity contribution in [1.29, 1.82) is 5.26 Å². The maximum Gasteiger partial charge on any atom is 0.207 e. The van der Waals surface area contributed by atoms with Crippen LogP contribution < -0.4 is 0 Å². The highest BCUT2D eigenvalue weighted by Gasteiger charge is 2.17. The second-order valence-electron chi connectivity index (χ2n) is 4.06. The van der Waals surface area contributed by atoms with Crippen LogP contribution in [0.3, 0.4) is 0 Å². The van der Waals surface area contributed by atoms with Crippen LogP contribution in [0, 0.1) is 29.9 Å². The molecular weight excluding hydrogens is 264 g/mol. The van der Waals surface area contributed by atoms with Crippen molar-refractivity contribution in [2.75, 3.05) is 0 Å². The number of rotatable bonds is 3. The number of carbonyl (C=O) groups excluding carboxylic acids is 1. The number of halogens is 2. The molecular formula is C15H9F2NO2. The SMILES string of the molecule is Cc1occc1C(=O)/C(C#N)=C/c1ccc(F)cc1F. The van der Waals surface area contributed by atoms with Crippen molar-refractivity contribution in [3.8, 4) is 6.07 Å². The van der Waals surface area contributed by atoms with E-state index in [2.05, 4.69) is 0 Å². The average molecular weight is 273 g/mol. The van der Waals surface area contributed by atoms with E-state index in [1.54, 1.807) is 13.0 Å². The number of nitriles is 1. The molecule has 0 spiro atoms. The van der Waals surface area contributed by atoms with E-state index in [0.717, 1.165) is 18.2 Å². The van der Waals surface area contributed by atoms with Crippen molar-refractivity contribution in [3.05, 3.63) is 64.6 Å². The lowest BCUT2D eigenvalue weighted by Crippen LogP contribution is -2.02. The Bertz CT molecular complexity index is 739. The normalized spacial score (nSPS) is 11.2. The summed E-state index contributed by atoms with van der Waals surface area (Å²) in [5, 5.41) is 9.03. The van der Waals surface area contributed by atoms with Crippen LogP contribution in [-0.4, -0.2) is 5.78 Å². The molecule has 0 N–H and O–H groups in total. The molecule has 20 heavy (non-hydrogen) atoms. The Balaban J connectivity index is 2.43. The summed E-state index contributed by atoms with van der Waals surface area (Å²) in [7, 11) is 0. The van der Waals surface area contributed by atoms with Gasteiger partial charge in [-0.3, -0.25) is 4.79 Å². The first-order chi connectivity index (χ1) is 9.52. The Morgan fingerprint density at radius 1 is 1.35 bits per heavy atom. The molecule has 0 aliphatic heterocycles. The zero-order valence-corrected chi connectivity index (χ0v) is 10.5. The Hall–Kier alpha value is -2.74. The van der Waals surface area contributed by atoms with Crippen molar-refractivity contribution < 1.29 is 18.0 Å². The standard InChI is InChI=1S/C15H9F2NO2/c1-9-13(4-5-20-9)15(19)11(8-18)6-10-2-3-12(16)7-14(10)17/h2-7H,1H3/b11-6+. The Labute approximate surface area is 113 Å². The zero-order chi connectivity index (χ0) is 14.7. The highest BCUT2D eigenvalue weighted by molar-refractivity contribution is 6.14. The Morgan fingerprint density at radius 3 is 2.65 bits per heavy atom. The fourth-order valence-corrected chi connectivity index (χ4v) is 1.69. The number of hydrogen-bond acceptors (Lipinski definition) is 3. The molecule has 100 valence electrons. The fourth-order valence-electron chi connectivity index (χ4n) is 1.69. The van der Waals surface area contributed by atoms with Gasteiger partial charge < -0.3 is 4.42 Å². The molecule has 0 saturated carbocycles. The third-order valence-corrected chi connectivity index (χ3v) is 2.73. The summed E-state index contributed by atoms with van der Waals surface area (Å²) < 4.78 is 31.3. The van der Waals surface area contributed by atoms with Crippen molar-refractivity contribution in [1.82, 2.24) is 0 Å². The summed E-state index contributed by atoms with van der Waals surface area (Å²) in [5.74, 6) is -1.76.